The molecule has 3 heteroatoms. The van der Waals surface area contributed by atoms with E-state index in [-0.39, 0.29) is 6.29 Å². The van der Waals surface area contributed by atoms with Crippen LogP contribution in [0.1, 0.15) is 37.7 Å². The van der Waals surface area contributed by atoms with Crippen LogP contribution in [0.5, 0.6) is 0 Å². The molecular formula is C16H21NO2. The third kappa shape index (κ3) is 3.75. The second kappa shape index (κ2) is 7.22. The molecule has 0 radical (unpaired) electrons. The van der Waals surface area contributed by atoms with Crippen molar-refractivity contribution in [2.75, 3.05) is 19.8 Å². The summed E-state index contributed by atoms with van der Waals surface area (Å²) in [6.07, 6.45) is 4.85. The molecule has 102 valence electrons. The van der Waals surface area contributed by atoms with Gasteiger partial charge in [0.2, 0.25) is 0 Å². The minimum Gasteiger partial charge on any atom is -0.349 e. The predicted octanol–water partition coefficient (Wildman–Crippen LogP) is 3.62. The SMILES string of the molecule is CCOC(OCC)c1ccc(C2=CCC=NC2)cc1. The van der Waals surface area contributed by atoms with Crippen molar-refractivity contribution in [2.24, 2.45) is 4.99 Å². The van der Waals surface area contributed by atoms with Gasteiger partial charge in [-0.25, -0.2) is 0 Å². The molecular weight excluding hydrogens is 238 g/mol. The molecule has 0 aromatic heterocycles. The van der Waals surface area contributed by atoms with Crippen molar-refractivity contribution >= 4 is 11.8 Å². The minimum atomic E-state index is -0.262. The number of ether oxygens (including phenoxy) is 2. The number of aliphatic imine (C=N–C) groups is 1. The van der Waals surface area contributed by atoms with Gasteiger partial charge in [-0.3, -0.25) is 4.99 Å². The van der Waals surface area contributed by atoms with E-state index in [9.17, 15) is 0 Å². The molecule has 0 spiro atoms. The zero-order valence-corrected chi connectivity index (χ0v) is 11.6. The van der Waals surface area contributed by atoms with Crippen LogP contribution in [0.4, 0.5) is 0 Å². The Hall–Kier alpha value is -1.45. The Morgan fingerprint density at radius 2 is 1.79 bits per heavy atom. The molecule has 1 aliphatic heterocycles. The Morgan fingerprint density at radius 1 is 1.11 bits per heavy atom. The summed E-state index contributed by atoms with van der Waals surface area (Å²) in [6, 6.07) is 8.38. The summed E-state index contributed by atoms with van der Waals surface area (Å²) in [5.41, 5.74) is 3.58. The quantitative estimate of drug-likeness (QED) is 0.731. The normalized spacial score (nSPS) is 14.8. The Labute approximate surface area is 115 Å². The molecule has 1 aromatic rings. The molecule has 0 atom stereocenters. The Morgan fingerprint density at radius 3 is 2.32 bits per heavy atom. The van der Waals surface area contributed by atoms with Gasteiger partial charge in [0.15, 0.2) is 6.29 Å². The fourth-order valence-corrected chi connectivity index (χ4v) is 2.10. The lowest BCUT2D eigenvalue weighted by Gasteiger charge is -2.18. The largest absolute Gasteiger partial charge is 0.349 e. The van der Waals surface area contributed by atoms with E-state index in [0.717, 1.165) is 18.5 Å². The van der Waals surface area contributed by atoms with E-state index in [2.05, 4.69) is 35.3 Å². The molecule has 19 heavy (non-hydrogen) atoms. The van der Waals surface area contributed by atoms with Crippen molar-refractivity contribution in [3.63, 3.8) is 0 Å². The molecule has 0 amide bonds. The molecule has 1 aliphatic rings. The first-order chi connectivity index (χ1) is 9.35. The van der Waals surface area contributed by atoms with Gasteiger partial charge in [-0.05, 0) is 25.0 Å². The summed E-state index contributed by atoms with van der Waals surface area (Å²) < 4.78 is 11.2. The molecule has 0 saturated heterocycles. The molecule has 0 fully saturated rings. The summed E-state index contributed by atoms with van der Waals surface area (Å²) in [5, 5.41) is 0. The molecule has 0 aliphatic carbocycles. The zero-order valence-electron chi connectivity index (χ0n) is 11.6. The smallest absolute Gasteiger partial charge is 0.183 e. The van der Waals surface area contributed by atoms with Crippen molar-refractivity contribution in [3.05, 3.63) is 41.5 Å². The highest BCUT2D eigenvalue weighted by Crippen LogP contribution is 2.23. The molecule has 0 unspecified atom stereocenters. The van der Waals surface area contributed by atoms with Crippen LogP contribution >= 0.6 is 0 Å². The Bertz CT molecular complexity index is 442. The molecule has 3 nitrogen and oxygen atoms in total. The summed E-state index contributed by atoms with van der Waals surface area (Å²) in [7, 11) is 0. The third-order valence-corrected chi connectivity index (χ3v) is 3.05. The molecule has 0 N–H and O–H groups in total. The highest BCUT2D eigenvalue weighted by atomic mass is 16.7. The van der Waals surface area contributed by atoms with Crippen LogP contribution in [-0.4, -0.2) is 26.0 Å². The van der Waals surface area contributed by atoms with Gasteiger partial charge < -0.3 is 9.47 Å². The Kier molecular flexibility index (Phi) is 5.31. The van der Waals surface area contributed by atoms with E-state index in [1.807, 2.05) is 20.1 Å². The number of hydrogen-bond donors (Lipinski definition) is 0. The van der Waals surface area contributed by atoms with Crippen molar-refractivity contribution in [2.45, 2.75) is 26.6 Å². The lowest BCUT2D eigenvalue weighted by atomic mass is 10.0. The van der Waals surface area contributed by atoms with Gasteiger partial charge in [0.25, 0.3) is 0 Å². The average molecular weight is 259 g/mol. The van der Waals surface area contributed by atoms with Crippen LogP contribution in [0.2, 0.25) is 0 Å². The van der Waals surface area contributed by atoms with Gasteiger partial charge in [0.05, 0.1) is 6.54 Å². The lowest BCUT2D eigenvalue weighted by molar-refractivity contribution is -0.140. The topological polar surface area (TPSA) is 30.8 Å². The fraction of sp³-hybridized carbons (Fsp3) is 0.438. The lowest BCUT2D eigenvalue weighted by Crippen LogP contribution is -2.08. The van der Waals surface area contributed by atoms with Gasteiger partial charge >= 0.3 is 0 Å². The molecule has 0 bridgehead atoms. The van der Waals surface area contributed by atoms with E-state index in [4.69, 9.17) is 9.47 Å². The summed E-state index contributed by atoms with van der Waals surface area (Å²) >= 11 is 0. The van der Waals surface area contributed by atoms with E-state index < -0.39 is 0 Å². The van der Waals surface area contributed by atoms with Gasteiger partial charge in [0, 0.05) is 31.4 Å². The molecule has 1 aromatic carbocycles. The first-order valence-electron chi connectivity index (χ1n) is 6.86. The van der Waals surface area contributed by atoms with Crippen molar-refractivity contribution in [3.8, 4) is 0 Å². The monoisotopic (exact) mass is 259 g/mol. The number of dihydropyridines is 1. The van der Waals surface area contributed by atoms with E-state index >= 15 is 0 Å². The predicted molar refractivity (Wildman–Crippen MR) is 78.4 cm³/mol. The van der Waals surface area contributed by atoms with Crippen molar-refractivity contribution in [1.82, 2.24) is 0 Å². The zero-order chi connectivity index (χ0) is 13.5. The maximum absolute atomic E-state index is 5.59. The van der Waals surface area contributed by atoms with Crippen LogP contribution in [0, 0.1) is 0 Å². The number of allylic oxidation sites excluding steroid dienone is 1. The number of hydrogen-bond acceptors (Lipinski definition) is 3. The number of benzene rings is 1. The van der Waals surface area contributed by atoms with Crippen LogP contribution < -0.4 is 0 Å². The van der Waals surface area contributed by atoms with Gasteiger partial charge in [-0.2, -0.15) is 0 Å². The van der Waals surface area contributed by atoms with Gasteiger partial charge in [0.1, 0.15) is 0 Å². The summed E-state index contributed by atoms with van der Waals surface area (Å²) in [6.45, 7) is 6.02. The minimum absolute atomic E-state index is 0.262. The van der Waals surface area contributed by atoms with E-state index in [1.54, 1.807) is 0 Å². The van der Waals surface area contributed by atoms with E-state index in [1.165, 1.54) is 11.1 Å². The van der Waals surface area contributed by atoms with Crippen molar-refractivity contribution in [1.29, 1.82) is 0 Å². The van der Waals surface area contributed by atoms with Gasteiger partial charge in [-0.1, -0.05) is 30.3 Å². The van der Waals surface area contributed by atoms with E-state index in [0.29, 0.717) is 13.2 Å². The first kappa shape index (κ1) is 14.0. The van der Waals surface area contributed by atoms with Crippen LogP contribution in [0.3, 0.4) is 0 Å². The number of rotatable bonds is 6. The van der Waals surface area contributed by atoms with Crippen LogP contribution in [0.25, 0.3) is 5.57 Å². The maximum atomic E-state index is 5.59. The number of nitrogens with zero attached hydrogens (tertiary/aromatic N) is 1. The highest BCUT2D eigenvalue weighted by molar-refractivity contribution is 5.75. The van der Waals surface area contributed by atoms with Crippen LogP contribution in [0.15, 0.2) is 35.3 Å². The average Bonchev–Trinajstić information content (AvgIpc) is 2.48. The second-order valence-electron chi connectivity index (χ2n) is 4.35. The third-order valence-electron chi connectivity index (χ3n) is 3.05. The summed E-state index contributed by atoms with van der Waals surface area (Å²) in [5.74, 6) is 0. The summed E-state index contributed by atoms with van der Waals surface area (Å²) in [4.78, 5) is 4.31. The second-order valence-corrected chi connectivity index (χ2v) is 4.35. The maximum Gasteiger partial charge on any atom is 0.183 e. The van der Waals surface area contributed by atoms with Crippen LogP contribution in [-0.2, 0) is 9.47 Å². The fourth-order valence-electron chi connectivity index (χ4n) is 2.10. The molecule has 1 heterocycles. The molecule has 0 saturated carbocycles. The van der Waals surface area contributed by atoms with Gasteiger partial charge in [-0.15, -0.1) is 0 Å². The Balaban J connectivity index is 2.10. The standard InChI is InChI=1S/C16H21NO2/c1-3-18-16(19-4-2)14-9-7-13(8-10-14)15-6-5-11-17-12-15/h6-11,16H,3-5,12H2,1-2H3. The highest BCUT2D eigenvalue weighted by Gasteiger charge is 2.11. The molecule has 2 rings (SSSR count). The first-order valence-corrected chi connectivity index (χ1v) is 6.86. The van der Waals surface area contributed by atoms with Crippen molar-refractivity contribution < 1.29 is 9.47 Å².